The van der Waals surface area contributed by atoms with Crippen LogP contribution >= 0.6 is 11.8 Å². The summed E-state index contributed by atoms with van der Waals surface area (Å²) < 4.78 is 0. The molecular formula is C15H24O2S. The predicted molar refractivity (Wildman–Crippen MR) is 74.8 cm³/mol. The van der Waals surface area contributed by atoms with E-state index in [2.05, 4.69) is 0 Å². The smallest absolute Gasteiger partial charge is 0.316 e. The van der Waals surface area contributed by atoms with Crippen LogP contribution in [0.2, 0.25) is 0 Å². The van der Waals surface area contributed by atoms with Crippen LogP contribution in [-0.4, -0.2) is 22.1 Å². The molecule has 0 radical (unpaired) electrons. The summed E-state index contributed by atoms with van der Waals surface area (Å²) in [6, 6.07) is 0. The summed E-state index contributed by atoms with van der Waals surface area (Å²) in [6.45, 7) is 1.99. The highest BCUT2D eigenvalue weighted by molar-refractivity contribution is 8.00. The minimum Gasteiger partial charge on any atom is -0.480 e. The first-order chi connectivity index (χ1) is 8.60. The van der Waals surface area contributed by atoms with Crippen LogP contribution in [0.25, 0.3) is 0 Å². The second-order valence-corrected chi connectivity index (χ2v) is 8.15. The minimum atomic E-state index is -0.618. The Morgan fingerprint density at radius 1 is 1.22 bits per heavy atom. The Kier molecular flexibility index (Phi) is 3.38. The molecule has 2 nitrogen and oxygen atoms in total. The van der Waals surface area contributed by atoms with Crippen LogP contribution in [0, 0.1) is 23.2 Å². The summed E-state index contributed by atoms with van der Waals surface area (Å²) in [7, 11) is 0. The van der Waals surface area contributed by atoms with Gasteiger partial charge in [-0.15, -0.1) is 11.8 Å². The Balaban J connectivity index is 1.63. The molecule has 18 heavy (non-hydrogen) atoms. The lowest BCUT2D eigenvalue weighted by atomic mass is 9.50. The minimum absolute atomic E-state index is 0.182. The van der Waals surface area contributed by atoms with E-state index in [4.69, 9.17) is 5.11 Å². The number of carboxylic acids is 1. The first-order valence-electron chi connectivity index (χ1n) is 7.44. The van der Waals surface area contributed by atoms with Crippen LogP contribution in [-0.2, 0) is 4.79 Å². The largest absolute Gasteiger partial charge is 0.480 e. The van der Waals surface area contributed by atoms with Gasteiger partial charge in [-0.2, -0.15) is 0 Å². The van der Waals surface area contributed by atoms with Gasteiger partial charge >= 0.3 is 5.97 Å². The standard InChI is InChI=1S/C15H24O2S/c1-2-13(14(16)17)18-9-15-6-10-3-11(7-15)5-12(4-10)8-15/h10-13H,2-9H2,1H3,(H,16,17). The number of thioether (sulfide) groups is 1. The highest BCUT2D eigenvalue weighted by Gasteiger charge is 2.50. The highest BCUT2D eigenvalue weighted by atomic mass is 32.2. The fourth-order valence-corrected chi connectivity index (χ4v) is 6.39. The summed E-state index contributed by atoms with van der Waals surface area (Å²) in [5, 5.41) is 8.98. The van der Waals surface area contributed by atoms with Crippen molar-refractivity contribution in [1.29, 1.82) is 0 Å². The van der Waals surface area contributed by atoms with Crippen molar-refractivity contribution < 1.29 is 9.90 Å². The quantitative estimate of drug-likeness (QED) is 0.824. The molecule has 4 saturated carbocycles. The summed E-state index contributed by atoms with van der Waals surface area (Å²) in [4.78, 5) is 11.1. The van der Waals surface area contributed by atoms with E-state index < -0.39 is 5.97 Å². The third-order valence-electron chi connectivity index (χ3n) is 5.40. The Hall–Kier alpha value is -0.180. The van der Waals surface area contributed by atoms with Gasteiger partial charge in [0.15, 0.2) is 0 Å². The molecule has 0 aromatic carbocycles. The van der Waals surface area contributed by atoms with Crippen molar-refractivity contribution in [2.75, 3.05) is 5.75 Å². The van der Waals surface area contributed by atoms with Crippen LogP contribution in [0.1, 0.15) is 51.9 Å². The van der Waals surface area contributed by atoms with Crippen molar-refractivity contribution in [3.05, 3.63) is 0 Å². The Morgan fingerprint density at radius 2 is 1.72 bits per heavy atom. The first-order valence-corrected chi connectivity index (χ1v) is 8.49. The third kappa shape index (κ3) is 2.31. The maximum absolute atomic E-state index is 11.1. The number of rotatable bonds is 5. The maximum atomic E-state index is 11.1. The fourth-order valence-electron chi connectivity index (χ4n) is 5.11. The van der Waals surface area contributed by atoms with Gasteiger partial charge in [0.2, 0.25) is 0 Å². The van der Waals surface area contributed by atoms with Gasteiger partial charge in [-0.25, -0.2) is 0 Å². The molecule has 3 heteroatoms. The van der Waals surface area contributed by atoms with Gasteiger partial charge in [0.25, 0.3) is 0 Å². The number of aliphatic carboxylic acids is 1. The second-order valence-electron chi connectivity index (χ2n) is 6.96. The number of carboxylic acid groups (broad SMARTS) is 1. The molecule has 4 aliphatic carbocycles. The van der Waals surface area contributed by atoms with Gasteiger partial charge in [-0.05, 0) is 73.9 Å². The van der Waals surface area contributed by atoms with Gasteiger partial charge in [0, 0.05) is 0 Å². The van der Waals surface area contributed by atoms with Crippen LogP contribution in [0.3, 0.4) is 0 Å². The predicted octanol–water partition coefficient (Wildman–Crippen LogP) is 3.80. The lowest BCUT2D eigenvalue weighted by Crippen LogP contribution is -2.47. The molecule has 0 amide bonds. The van der Waals surface area contributed by atoms with Crippen molar-refractivity contribution in [2.45, 2.75) is 57.1 Å². The molecule has 0 spiro atoms. The van der Waals surface area contributed by atoms with E-state index >= 15 is 0 Å². The number of hydrogen-bond donors (Lipinski definition) is 1. The summed E-state index contributed by atoms with van der Waals surface area (Å²) in [6.07, 6.45) is 9.35. The molecule has 102 valence electrons. The molecule has 0 aliphatic heterocycles. The molecular weight excluding hydrogens is 244 g/mol. The first kappa shape index (κ1) is 12.8. The zero-order valence-electron chi connectivity index (χ0n) is 11.2. The second kappa shape index (κ2) is 4.73. The van der Waals surface area contributed by atoms with Crippen LogP contribution in [0.15, 0.2) is 0 Å². The Bertz CT molecular complexity index is 304. The van der Waals surface area contributed by atoms with E-state index in [1.54, 1.807) is 11.8 Å². The molecule has 0 aromatic rings. The molecule has 1 N–H and O–H groups in total. The van der Waals surface area contributed by atoms with Gasteiger partial charge in [-0.1, -0.05) is 6.92 Å². The lowest BCUT2D eigenvalue weighted by molar-refractivity contribution is -0.136. The molecule has 4 bridgehead atoms. The van der Waals surface area contributed by atoms with Crippen LogP contribution in [0.4, 0.5) is 0 Å². The molecule has 4 aliphatic rings. The summed E-state index contributed by atoms with van der Waals surface area (Å²) in [5.74, 6) is 3.40. The molecule has 1 atom stereocenters. The lowest BCUT2D eigenvalue weighted by Gasteiger charge is -2.57. The van der Waals surface area contributed by atoms with Crippen molar-refractivity contribution in [2.24, 2.45) is 23.2 Å². The monoisotopic (exact) mass is 268 g/mol. The maximum Gasteiger partial charge on any atom is 0.316 e. The number of carbonyl (C=O) groups is 1. The third-order valence-corrected chi connectivity index (χ3v) is 7.12. The fraction of sp³-hybridized carbons (Fsp3) is 0.933. The molecule has 1 unspecified atom stereocenters. The zero-order valence-corrected chi connectivity index (χ0v) is 12.0. The van der Waals surface area contributed by atoms with Crippen LogP contribution in [0.5, 0.6) is 0 Å². The van der Waals surface area contributed by atoms with E-state index in [9.17, 15) is 4.79 Å². The molecule has 4 fully saturated rings. The van der Waals surface area contributed by atoms with Crippen molar-refractivity contribution in [3.63, 3.8) is 0 Å². The SMILES string of the molecule is CCC(SCC12CC3CC(CC(C3)C1)C2)C(=O)O. The average molecular weight is 268 g/mol. The average Bonchev–Trinajstić information content (AvgIpc) is 2.27. The highest BCUT2D eigenvalue weighted by Crippen LogP contribution is 2.61. The van der Waals surface area contributed by atoms with E-state index in [1.807, 2.05) is 6.92 Å². The van der Waals surface area contributed by atoms with E-state index in [-0.39, 0.29) is 5.25 Å². The molecule has 0 heterocycles. The van der Waals surface area contributed by atoms with Crippen molar-refractivity contribution in [1.82, 2.24) is 0 Å². The topological polar surface area (TPSA) is 37.3 Å². The normalized spacial score (nSPS) is 43.1. The van der Waals surface area contributed by atoms with Gasteiger partial charge in [0.05, 0.1) is 0 Å². The van der Waals surface area contributed by atoms with Gasteiger partial charge < -0.3 is 5.11 Å². The zero-order chi connectivity index (χ0) is 12.8. The Labute approximate surface area is 114 Å². The molecule has 0 saturated heterocycles. The van der Waals surface area contributed by atoms with Gasteiger partial charge in [0.1, 0.15) is 5.25 Å². The van der Waals surface area contributed by atoms with E-state index in [0.29, 0.717) is 5.41 Å². The Morgan fingerprint density at radius 3 is 2.11 bits per heavy atom. The summed E-state index contributed by atoms with van der Waals surface area (Å²) in [5.41, 5.74) is 0.516. The van der Waals surface area contributed by atoms with Gasteiger partial charge in [-0.3, -0.25) is 4.79 Å². The number of hydrogen-bond acceptors (Lipinski definition) is 2. The summed E-state index contributed by atoms with van der Waals surface area (Å²) >= 11 is 1.72. The van der Waals surface area contributed by atoms with E-state index in [0.717, 1.165) is 29.9 Å². The van der Waals surface area contributed by atoms with E-state index in [1.165, 1.54) is 38.5 Å². The van der Waals surface area contributed by atoms with Crippen LogP contribution < -0.4 is 0 Å². The van der Waals surface area contributed by atoms with Crippen molar-refractivity contribution >= 4 is 17.7 Å². The molecule has 0 aromatic heterocycles. The molecule has 4 rings (SSSR count). The van der Waals surface area contributed by atoms with Crippen molar-refractivity contribution in [3.8, 4) is 0 Å².